The van der Waals surface area contributed by atoms with Gasteiger partial charge in [0.25, 0.3) is 0 Å². The summed E-state index contributed by atoms with van der Waals surface area (Å²) in [7, 11) is 0. The first-order valence-electron chi connectivity index (χ1n) is 5.48. The van der Waals surface area contributed by atoms with Crippen molar-refractivity contribution in [1.29, 1.82) is 0 Å². The maximum absolute atomic E-state index is 11.0. The summed E-state index contributed by atoms with van der Waals surface area (Å²) in [6.07, 6.45) is 5.82. The van der Waals surface area contributed by atoms with Crippen molar-refractivity contribution < 1.29 is 14.3 Å². The van der Waals surface area contributed by atoms with E-state index in [0.29, 0.717) is 0 Å². The molecule has 3 heteroatoms. The van der Waals surface area contributed by atoms with Gasteiger partial charge in [0.05, 0.1) is 6.10 Å². The van der Waals surface area contributed by atoms with Gasteiger partial charge in [-0.2, -0.15) is 0 Å². The van der Waals surface area contributed by atoms with Gasteiger partial charge in [-0.3, -0.25) is 0 Å². The van der Waals surface area contributed by atoms with Gasteiger partial charge in [0.1, 0.15) is 5.60 Å². The molecule has 1 aliphatic carbocycles. The molecule has 1 saturated carbocycles. The lowest BCUT2D eigenvalue weighted by atomic mass is 9.99. The summed E-state index contributed by atoms with van der Waals surface area (Å²) in [6.45, 7) is 3.87. The number of carbonyl (C=O) groups is 1. The fourth-order valence-electron chi connectivity index (χ4n) is 2.59. The molecule has 1 spiro atoms. The third-order valence-electron chi connectivity index (χ3n) is 3.37. The van der Waals surface area contributed by atoms with Crippen molar-refractivity contribution in [3.8, 4) is 0 Å². The topological polar surface area (TPSA) is 35.5 Å². The zero-order valence-electron chi connectivity index (χ0n) is 8.91. The number of hydrogen-bond donors (Lipinski definition) is 0. The Morgan fingerprint density at radius 1 is 1.43 bits per heavy atom. The molecule has 80 valence electrons. The van der Waals surface area contributed by atoms with Crippen LogP contribution < -0.4 is 0 Å². The summed E-state index contributed by atoms with van der Waals surface area (Å²) in [5, 5.41) is 0. The smallest absolute Gasteiger partial charge is 0.170 e. The first-order chi connectivity index (χ1) is 6.64. The van der Waals surface area contributed by atoms with Crippen molar-refractivity contribution in [2.75, 3.05) is 0 Å². The Labute approximate surface area is 84.8 Å². The molecule has 0 amide bonds. The van der Waals surface area contributed by atoms with Crippen LogP contribution in [-0.2, 0) is 14.3 Å². The Balaban J connectivity index is 2.18. The molecule has 2 fully saturated rings. The van der Waals surface area contributed by atoms with Crippen LogP contribution in [-0.4, -0.2) is 23.8 Å². The van der Waals surface area contributed by atoms with Crippen LogP contribution in [0.2, 0.25) is 0 Å². The lowest BCUT2D eigenvalue weighted by Crippen LogP contribution is -2.38. The van der Waals surface area contributed by atoms with Crippen molar-refractivity contribution in [1.82, 2.24) is 0 Å². The van der Waals surface area contributed by atoms with E-state index in [9.17, 15) is 4.79 Å². The second-order valence-electron chi connectivity index (χ2n) is 4.54. The van der Waals surface area contributed by atoms with Gasteiger partial charge in [-0.25, -0.2) is 0 Å². The summed E-state index contributed by atoms with van der Waals surface area (Å²) in [4.78, 5) is 11.0. The average Bonchev–Trinajstić information content (AvgIpc) is 2.73. The zero-order chi connectivity index (χ0) is 10.2. The number of carbonyl (C=O) groups excluding carboxylic acids is 1. The monoisotopic (exact) mass is 198 g/mol. The zero-order valence-corrected chi connectivity index (χ0v) is 8.91. The molecule has 0 radical (unpaired) electrons. The number of rotatable bonds is 2. The SMILES string of the molecule is CC[C@H]1OC2(CCCC2)O[C@@]1(C)C=O. The summed E-state index contributed by atoms with van der Waals surface area (Å²) in [5.41, 5.74) is -0.723. The molecule has 0 aromatic carbocycles. The van der Waals surface area contributed by atoms with Crippen LogP contribution in [0.3, 0.4) is 0 Å². The fourth-order valence-corrected chi connectivity index (χ4v) is 2.59. The van der Waals surface area contributed by atoms with Crippen LogP contribution in [0.15, 0.2) is 0 Å². The lowest BCUT2D eigenvalue weighted by Gasteiger charge is -2.23. The predicted octanol–water partition coefficient (Wildman–Crippen LogP) is 2.04. The highest BCUT2D eigenvalue weighted by molar-refractivity contribution is 5.63. The van der Waals surface area contributed by atoms with Crippen molar-refractivity contribution in [2.45, 2.75) is 63.4 Å². The first kappa shape index (κ1) is 10.1. The predicted molar refractivity (Wildman–Crippen MR) is 51.9 cm³/mol. The molecule has 0 aromatic rings. The minimum atomic E-state index is -0.723. The van der Waals surface area contributed by atoms with E-state index in [0.717, 1.165) is 38.4 Å². The molecular formula is C11H18O3. The van der Waals surface area contributed by atoms with Gasteiger partial charge in [-0.1, -0.05) is 6.92 Å². The Morgan fingerprint density at radius 2 is 2.07 bits per heavy atom. The van der Waals surface area contributed by atoms with Gasteiger partial charge < -0.3 is 14.3 Å². The van der Waals surface area contributed by atoms with E-state index < -0.39 is 11.4 Å². The highest BCUT2D eigenvalue weighted by Gasteiger charge is 2.54. The third-order valence-corrected chi connectivity index (χ3v) is 3.37. The Bertz CT molecular complexity index is 233. The first-order valence-corrected chi connectivity index (χ1v) is 5.48. The van der Waals surface area contributed by atoms with E-state index in [1.165, 1.54) is 0 Å². The Morgan fingerprint density at radius 3 is 2.50 bits per heavy atom. The Hall–Kier alpha value is -0.410. The Kier molecular flexibility index (Phi) is 2.40. The van der Waals surface area contributed by atoms with Gasteiger partial charge in [0, 0.05) is 12.8 Å². The molecule has 3 nitrogen and oxygen atoms in total. The molecule has 0 N–H and O–H groups in total. The molecule has 2 atom stereocenters. The van der Waals surface area contributed by atoms with Gasteiger partial charge in [-0.05, 0) is 26.2 Å². The summed E-state index contributed by atoms with van der Waals surface area (Å²) >= 11 is 0. The highest BCUT2D eigenvalue weighted by atomic mass is 16.8. The summed E-state index contributed by atoms with van der Waals surface area (Å²) < 4.78 is 11.8. The number of aldehydes is 1. The van der Waals surface area contributed by atoms with Gasteiger partial charge in [0.15, 0.2) is 12.1 Å². The van der Waals surface area contributed by atoms with Crippen LogP contribution in [0.5, 0.6) is 0 Å². The van der Waals surface area contributed by atoms with Crippen molar-refractivity contribution in [3.63, 3.8) is 0 Å². The normalized spacial score (nSPS) is 40.6. The van der Waals surface area contributed by atoms with Gasteiger partial charge in [-0.15, -0.1) is 0 Å². The minimum Gasteiger partial charge on any atom is -0.343 e. The van der Waals surface area contributed by atoms with E-state index in [1.807, 2.05) is 13.8 Å². The molecular weight excluding hydrogens is 180 g/mol. The second kappa shape index (κ2) is 3.31. The largest absolute Gasteiger partial charge is 0.343 e. The van der Waals surface area contributed by atoms with Crippen LogP contribution in [0.1, 0.15) is 46.0 Å². The molecule has 1 heterocycles. The van der Waals surface area contributed by atoms with E-state index in [-0.39, 0.29) is 6.10 Å². The molecule has 0 bridgehead atoms. The number of hydrogen-bond acceptors (Lipinski definition) is 3. The molecule has 0 aromatic heterocycles. The molecule has 14 heavy (non-hydrogen) atoms. The summed E-state index contributed by atoms with van der Waals surface area (Å²) in [6, 6.07) is 0. The average molecular weight is 198 g/mol. The molecule has 2 rings (SSSR count). The number of ether oxygens (including phenoxy) is 2. The summed E-state index contributed by atoms with van der Waals surface area (Å²) in [5.74, 6) is -0.434. The minimum absolute atomic E-state index is 0.0712. The maximum Gasteiger partial charge on any atom is 0.170 e. The molecule has 1 aliphatic heterocycles. The van der Waals surface area contributed by atoms with Crippen LogP contribution in [0, 0.1) is 0 Å². The third kappa shape index (κ3) is 1.39. The van der Waals surface area contributed by atoms with E-state index >= 15 is 0 Å². The van der Waals surface area contributed by atoms with E-state index in [2.05, 4.69) is 0 Å². The maximum atomic E-state index is 11.0. The van der Waals surface area contributed by atoms with Crippen LogP contribution in [0.4, 0.5) is 0 Å². The second-order valence-corrected chi connectivity index (χ2v) is 4.54. The fraction of sp³-hybridized carbons (Fsp3) is 0.909. The van der Waals surface area contributed by atoms with Crippen LogP contribution >= 0.6 is 0 Å². The molecule has 1 saturated heterocycles. The van der Waals surface area contributed by atoms with Crippen molar-refractivity contribution in [2.24, 2.45) is 0 Å². The highest BCUT2D eigenvalue weighted by Crippen LogP contribution is 2.46. The van der Waals surface area contributed by atoms with Crippen molar-refractivity contribution >= 4 is 6.29 Å². The van der Waals surface area contributed by atoms with E-state index in [4.69, 9.17) is 9.47 Å². The van der Waals surface area contributed by atoms with Gasteiger partial charge >= 0.3 is 0 Å². The van der Waals surface area contributed by atoms with Crippen molar-refractivity contribution in [3.05, 3.63) is 0 Å². The van der Waals surface area contributed by atoms with E-state index in [1.54, 1.807) is 0 Å². The lowest BCUT2D eigenvalue weighted by molar-refractivity contribution is -0.181. The standard InChI is InChI=1S/C11H18O3/c1-3-9-10(2,8-12)14-11(13-9)6-4-5-7-11/h8-9H,3-7H2,1-2H3/t9-,10+/m1/s1. The molecule has 0 unspecified atom stereocenters. The van der Waals surface area contributed by atoms with Gasteiger partial charge in [0.2, 0.25) is 0 Å². The van der Waals surface area contributed by atoms with Crippen LogP contribution in [0.25, 0.3) is 0 Å². The quantitative estimate of drug-likeness (QED) is 0.637. The molecule has 2 aliphatic rings.